The van der Waals surface area contributed by atoms with Crippen molar-refractivity contribution in [3.63, 3.8) is 0 Å². The number of aromatic nitrogens is 2. The summed E-state index contributed by atoms with van der Waals surface area (Å²) < 4.78 is 0. The summed E-state index contributed by atoms with van der Waals surface area (Å²) in [5.74, 6) is 0.0214. The van der Waals surface area contributed by atoms with E-state index in [1.54, 1.807) is 0 Å². The van der Waals surface area contributed by atoms with Crippen LogP contribution in [0, 0.1) is 0 Å². The molecule has 0 unspecified atom stereocenters. The molecule has 0 bridgehead atoms. The highest BCUT2D eigenvalue weighted by atomic mass is 35.5. The molecule has 0 radical (unpaired) electrons. The third-order valence-corrected chi connectivity index (χ3v) is 6.30. The van der Waals surface area contributed by atoms with E-state index in [1.807, 2.05) is 48.5 Å². The Balaban J connectivity index is 1.58. The first-order valence-electron chi connectivity index (χ1n) is 10.9. The van der Waals surface area contributed by atoms with Gasteiger partial charge in [0.15, 0.2) is 5.69 Å². The lowest BCUT2D eigenvalue weighted by atomic mass is 9.85. The van der Waals surface area contributed by atoms with Gasteiger partial charge in [-0.25, -0.2) is 0 Å². The number of H-pyrrole nitrogens is 1. The summed E-state index contributed by atoms with van der Waals surface area (Å²) in [5, 5.41) is 21.1. The maximum Gasteiger partial charge on any atom is 0.272 e. The largest absolute Gasteiger partial charge is 0.394 e. The molecule has 0 spiro atoms. The minimum Gasteiger partial charge on any atom is -0.394 e. The SMILES string of the molecule is O=C(N[C@@H](CO)c1ccccc1)c1n[nH]c2c1CCCCC[C@@H]2Cc1cccc(Cl)c1. The number of aliphatic hydroxyl groups is 1. The minimum atomic E-state index is -0.461. The molecule has 2 aromatic carbocycles. The Hall–Kier alpha value is -2.63. The Morgan fingerprint density at radius 3 is 2.77 bits per heavy atom. The van der Waals surface area contributed by atoms with Crippen molar-refractivity contribution < 1.29 is 9.90 Å². The summed E-state index contributed by atoms with van der Waals surface area (Å²) in [6.45, 7) is -0.167. The van der Waals surface area contributed by atoms with Crippen molar-refractivity contribution >= 4 is 17.5 Å². The zero-order chi connectivity index (χ0) is 21.6. The molecule has 1 aliphatic carbocycles. The standard InChI is InChI=1S/C25H28ClN3O2/c26-20-12-7-8-17(15-20)14-19-11-5-2-6-13-21-23(19)28-29-24(21)25(31)27-22(16-30)18-9-3-1-4-10-18/h1,3-4,7-10,12,15,19,22,30H,2,5-6,11,13-14,16H2,(H,27,31)(H,28,29)/t19-,22+/m1/s1. The average Bonchev–Trinajstić information content (AvgIpc) is 3.18. The third kappa shape index (κ3) is 5.17. The molecule has 31 heavy (non-hydrogen) atoms. The molecule has 162 valence electrons. The van der Waals surface area contributed by atoms with E-state index in [0.717, 1.165) is 60.4 Å². The lowest BCUT2D eigenvalue weighted by molar-refractivity contribution is 0.0910. The van der Waals surface area contributed by atoms with Crippen LogP contribution >= 0.6 is 11.6 Å². The van der Waals surface area contributed by atoms with E-state index in [2.05, 4.69) is 21.6 Å². The van der Waals surface area contributed by atoms with Gasteiger partial charge >= 0.3 is 0 Å². The van der Waals surface area contributed by atoms with Crippen molar-refractivity contribution in [2.45, 2.75) is 50.5 Å². The molecule has 1 aromatic heterocycles. The lowest BCUT2D eigenvalue weighted by Crippen LogP contribution is -2.31. The van der Waals surface area contributed by atoms with Gasteiger partial charge in [-0.2, -0.15) is 5.10 Å². The second-order valence-electron chi connectivity index (χ2n) is 8.21. The monoisotopic (exact) mass is 437 g/mol. The molecule has 1 aliphatic rings. The van der Waals surface area contributed by atoms with Gasteiger partial charge in [-0.1, -0.05) is 66.9 Å². The first kappa shape index (κ1) is 21.6. The molecule has 0 saturated carbocycles. The number of carbonyl (C=O) groups is 1. The van der Waals surface area contributed by atoms with Gasteiger partial charge in [-0.05, 0) is 48.9 Å². The predicted octanol–water partition coefficient (Wildman–Crippen LogP) is 4.97. The van der Waals surface area contributed by atoms with Crippen molar-refractivity contribution in [1.29, 1.82) is 0 Å². The van der Waals surface area contributed by atoms with E-state index in [1.165, 1.54) is 5.56 Å². The highest BCUT2D eigenvalue weighted by Crippen LogP contribution is 2.33. The maximum absolute atomic E-state index is 13.1. The molecule has 0 saturated heterocycles. The number of hydrogen-bond donors (Lipinski definition) is 3. The fraction of sp³-hybridized carbons (Fsp3) is 0.360. The van der Waals surface area contributed by atoms with Crippen molar-refractivity contribution in [1.82, 2.24) is 15.5 Å². The molecule has 0 fully saturated rings. The predicted molar refractivity (Wildman–Crippen MR) is 122 cm³/mol. The van der Waals surface area contributed by atoms with E-state index in [-0.39, 0.29) is 18.4 Å². The molecule has 1 amide bonds. The highest BCUT2D eigenvalue weighted by Gasteiger charge is 2.27. The molecule has 1 heterocycles. The zero-order valence-electron chi connectivity index (χ0n) is 17.5. The van der Waals surface area contributed by atoms with Crippen molar-refractivity contribution in [2.75, 3.05) is 6.61 Å². The van der Waals surface area contributed by atoms with E-state index in [9.17, 15) is 9.90 Å². The molecule has 3 N–H and O–H groups in total. The zero-order valence-corrected chi connectivity index (χ0v) is 18.2. The second-order valence-corrected chi connectivity index (χ2v) is 8.65. The number of fused-ring (bicyclic) bond motifs is 1. The summed E-state index contributed by atoms with van der Waals surface area (Å²) >= 11 is 6.19. The Labute approximate surface area is 187 Å². The molecule has 4 rings (SSSR count). The summed E-state index contributed by atoms with van der Waals surface area (Å²) in [6.07, 6.45) is 6.08. The normalized spacial score (nSPS) is 17.3. The van der Waals surface area contributed by atoms with E-state index in [4.69, 9.17) is 11.6 Å². The van der Waals surface area contributed by atoms with Crippen LogP contribution in [0.3, 0.4) is 0 Å². The number of rotatable bonds is 6. The van der Waals surface area contributed by atoms with E-state index < -0.39 is 6.04 Å². The summed E-state index contributed by atoms with van der Waals surface area (Å²) in [7, 11) is 0. The Morgan fingerprint density at radius 1 is 1.16 bits per heavy atom. The number of aliphatic hydroxyl groups excluding tert-OH is 1. The smallest absolute Gasteiger partial charge is 0.272 e. The Kier molecular flexibility index (Phi) is 7.05. The molecular weight excluding hydrogens is 410 g/mol. The van der Waals surface area contributed by atoms with Gasteiger partial charge in [-0.3, -0.25) is 9.89 Å². The van der Waals surface area contributed by atoms with Crippen LogP contribution in [0.1, 0.15) is 70.5 Å². The van der Waals surface area contributed by atoms with Crippen LogP contribution in [0.4, 0.5) is 0 Å². The minimum absolute atomic E-state index is 0.167. The quantitative estimate of drug-likeness (QED) is 0.509. The first-order valence-corrected chi connectivity index (χ1v) is 11.3. The van der Waals surface area contributed by atoms with Crippen LogP contribution in [-0.2, 0) is 12.8 Å². The lowest BCUT2D eigenvalue weighted by Gasteiger charge is -2.21. The number of carbonyl (C=O) groups excluding carboxylic acids is 1. The fourth-order valence-corrected chi connectivity index (χ4v) is 4.68. The van der Waals surface area contributed by atoms with Gasteiger partial charge in [-0.15, -0.1) is 0 Å². The van der Waals surface area contributed by atoms with Crippen molar-refractivity contribution in [3.05, 3.63) is 87.7 Å². The van der Waals surface area contributed by atoms with Crippen molar-refractivity contribution in [2.24, 2.45) is 0 Å². The fourth-order valence-electron chi connectivity index (χ4n) is 4.47. The third-order valence-electron chi connectivity index (χ3n) is 6.06. The average molecular weight is 438 g/mol. The van der Waals surface area contributed by atoms with Crippen LogP contribution in [0.5, 0.6) is 0 Å². The molecule has 3 aromatic rings. The number of amides is 1. The van der Waals surface area contributed by atoms with Gasteiger partial charge in [0.25, 0.3) is 5.91 Å². The summed E-state index contributed by atoms with van der Waals surface area (Å²) in [6, 6.07) is 17.0. The van der Waals surface area contributed by atoms with Gasteiger partial charge < -0.3 is 10.4 Å². The number of hydrogen-bond acceptors (Lipinski definition) is 3. The van der Waals surface area contributed by atoms with Crippen LogP contribution in [0.25, 0.3) is 0 Å². The molecule has 2 atom stereocenters. The Bertz CT molecular complexity index is 1020. The van der Waals surface area contributed by atoms with Gasteiger partial charge in [0, 0.05) is 22.2 Å². The number of nitrogens with zero attached hydrogens (tertiary/aromatic N) is 1. The highest BCUT2D eigenvalue weighted by molar-refractivity contribution is 6.30. The van der Waals surface area contributed by atoms with E-state index in [0.29, 0.717) is 5.69 Å². The first-order chi connectivity index (χ1) is 15.2. The number of halogens is 1. The topological polar surface area (TPSA) is 78.0 Å². The molecule has 6 heteroatoms. The summed E-state index contributed by atoms with van der Waals surface area (Å²) in [4.78, 5) is 13.1. The van der Waals surface area contributed by atoms with Gasteiger partial charge in [0.2, 0.25) is 0 Å². The number of benzene rings is 2. The molecule has 0 aliphatic heterocycles. The second kappa shape index (κ2) is 10.1. The summed E-state index contributed by atoms with van der Waals surface area (Å²) in [5.41, 5.74) is 4.58. The van der Waals surface area contributed by atoms with E-state index >= 15 is 0 Å². The van der Waals surface area contributed by atoms with Crippen LogP contribution in [0.15, 0.2) is 54.6 Å². The Morgan fingerprint density at radius 2 is 2.00 bits per heavy atom. The van der Waals surface area contributed by atoms with Gasteiger partial charge in [0.05, 0.1) is 12.6 Å². The van der Waals surface area contributed by atoms with Crippen LogP contribution in [0.2, 0.25) is 5.02 Å². The maximum atomic E-state index is 13.1. The number of nitrogens with one attached hydrogen (secondary N) is 2. The van der Waals surface area contributed by atoms with Crippen LogP contribution in [-0.4, -0.2) is 27.8 Å². The molecule has 5 nitrogen and oxygen atoms in total. The number of aromatic amines is 1. The van der Waals surface area contributed by atoms with Crippen molar-refractivity contribution in [3.8, 4) is 0 Å². The molecular formula is C25H28ClN3O2. The van der Waals surface area contributed by atoms with Crippen LogP contribution < -0.4 is 5.32 Å². The van der Waals surface area contributed by atoms with Gasteiger partial charge in [0.1, 0.15) is 0 Å².